The number of rotatable bonds is 2. The molecule has 2 rings (SSSR count). The fraction of sp³-hybridized carbons (Fsp3) is 0.929. The topological polar surface area (TPSA) is 46.3 Å². The molecule has 2 aliphatic rings. The van der Waals surface area contributed by atoms with Crippen LogP contribution in [0.15, 0.2) is 0 Å². The van der Waals surface area contributed by atoms with Crippen LogP contribution in [0.5, 0.6) is 0 Å². The molecular weight excluding hydrogens is 244 g/mol. The van der Waals surface area contributed by atoms with E-state index in [2.05, 4.69) is 18.7 Å². The van der Waals surface area contributed by atoms with Crippen LogP contribution >= 0.6 is 11.8 Å². The van der Waals surface area contributed by atoms with Gasteiger partial charge in [0.15, 0.2) is 0 Å². The van der Waals surface area contributed by atoms with Gasteiger partial charge in [0.05, 0.1) is 0 Å². The van der Waals surface area contributed by atoms with Crippen molar-refractivity contribution in [3.63, 3.8) is 0 Å². The Bertz CT molecular complexity index is 302. The van der Waals surface area contributed by atoms with Crippen LogP contribution in [0.1, 0.15) is 52.4 Å². The van der Waals surface area contributed by atoms with Crippen molar-refractivity contribution in [1.29, 1.82) is 0 Å². The molecule has 0 bridgehead atoms. The largest absolute Gasteiger partial charge is 0.338 e. The second kappa shape index (κ2) is 5.83. The summed E-state index contributed by atoms with van der Waals surface area (Å²) in [7, 11) is 0. The van der Waals surface area contributed by atoms with Gasteiger partial charge >= 0.3 is 0 Å². The molecule has 1 saturated carbocycles. The van der Waals surface area contributed by atoms with E-state index in [4.69, 9.17) is 5.73 Å². The van der Waals surface area contributed by atoms with Gasteiger partial charge in [-0.1, -0.05) is 26.2 Å². The van der Waals surface area contributed by atoms with Crippen LogP contribution < -0.4 is 5.73 Å². The lowest BCUT2D eigenvalue weighted by Crippen LogP contribution is -2.52. The lowest BCUT2D eigenvalue weighted by Gasteiger charge is -2.40. The molecule has 3 nitrogen and oxygen atoms in total. The third-order valence-electron chi connectivity index (χ3n) is 4.56. The average Bonchev–Trinajstić information content (AvgIpc) is 2.33. The number of nitrogens with zero attached hydrogens (tertiary/aromatic N) is 1. The predicted molar refractivity (Wildman–Crippen MR) is 77.7 cm³/mol. The Morgan fingerprint density at radius 1 is 1.33 bits per heavy atom. The Kier molecular flexibility index (Phi) is 4.59. The van der Waals surface area contributed by atoms with Crippen LogP contribution in [0, 0.1) is 0 Å². The molecule has 2 unspecified atom stereocenters. The highest BCUT2D eigenvalue weighted by atomic mass is 32.2. The summed E-state index contributed by atoms with van der Waals surface area (Å²) in [5.41, 5.74) is 6.17. The van der Waals surface area contributed by atoms with Gasteiger partial charge in [0.2, 0.25) is 5.91 Å². The first-order chi connectivity index (χ1) is 8.52. The van der Waals surface area contributed by atoms with Crippen molar-refractivity contribution < 1.29 is 4.79 Å². The van der Waals surface area contributed by atoms with Gasteiger partial charge in [-0.25, -0.2) is 0 Å². The molecule has 0 aromatic carbocycles. The quantitative estimate of drug-likeness (QED) is 0.838. The van der Waals surface area contributed by atoms with Gasteiger partial charge in [-0.3, -0.25) is 4.79 Å². The first kappa shape index (κ1) is 14.2. The normalized spacial score (nSPS) is 32.3. The molecule has 1 saturated heterocycles. The van der Waals surface area contributed by atoms with Crippen molar-refractivity contribution >= 4 is 17.7 Å². The minimum atomic E-state index is -0.219. The maximum absolute atomic E-state index is 12.5. The number of thioether (sulfide) groups is 1. The van der Waals surface area contributed by atoms with Crippen molar-refractivity contribution in [2.75, 3.05) is 12.3 Å². The minimum absolute atomic E-state index is 0.219. The average molecular weight is 270 g/mol. The second-order valence-electron chi connectivity index (χ2n) is 6.00. The van der Waals surface area contributed by atoms with Crippen molar-refractivity contribution in [3.05, 3.63) is 0 Å². The summed E-state index contributed by atoms with van der Waals surface area (Å²) in [5.74, 6) is 1.34. The zero-order chi connectivity index (χ0) is 13.2. The highest BCUT2D eigenvalue weighted by Crippen LogP contribution is 2.31. The Hall–Kier alpha value is -0.220. The zero-order valence-electron chi connectivity index (χ0n) is 11.7. The van der Waals surface area contributed by atoms with E-state index in [-0.39, 0.29) is 11.4 Å². The van der Waals surface area contributed by atoms with Gasteiger partial charge in [0.1, 0.15) is 0 Å². The van der Waals surface area contributed by atoms with Crippen molar-refractivity contribution in [3.8, 4) is 0 Å². The van der Waals surface area contributed by atoms with Gasteiger partial charge in [-0.05, 0) is 19.8 Å². The van der Waals surface area contributed by atoms with Gasteiger partial charge < -0.3 is 10.6 Å². The SMILES string of the molecule is CC1SCCN(C(=O)CC2(N)CCCCC2)C1C. The number of hydrogen-bond donors (Lipinski definition) is 1. The first-order valence-corrected chi connectivity index (χ1v) is 8.27. The monoisotopic (exact) mass is 270 g/mol. The Balaban J connectivity index is 1.94. The highest BCUT2D eigenvalue weighted by molar-refractivity contribution is 8.00. The molecule has 2 atom stereocenters. The van der Waals surface area contributed by atoms with E-state index in [1.165, 1.54) is 19.3 Å². The smallest absolute Gasteiger partial charge is 0.224 e. The second-order valence-corrected chi connectivity index (χ2v) is 7.49. The number of carbonyl (C=O) groups is 1. The fourth-order valence-corrected chi connectivity index (χ4v) is 4.22. The summed E-state index contributed by atoms with van der Waals surface area (Å²) in [5, 5.41) is 0.544. The Labute approximate surface area is 115 Å². The van der Waals surface area contributed by atoms with E-state index in [1.54, 1.807) is 0 Å². The van der Waals surface area contributed by atoms with Gasteiger partial charge in [0, 0.05) is 35.5 Å². The van der Waals surface area contributed by atoms with E-state index < -0.39 is 0 Å². The van der Waals surface area contributed by atoms with Crippen molar-refractivity contribution in [1.82, 2.24) is 4.90 Å². The summed E-state index contributed by atoms with van der Waals surface area (Å²) in [4.78, 5) is 14.5. The van der Waals surface area contributed by atoms with Crippen LogP contribution in [0.4, 0.5) is 0 Å². The van der Waals surface area contributed by atoms with Crippen LogP contribution in [0.25, 0.3) is 0 Å². The molecule has 2 N–H and O–H groups in total. The first-order valence-electron chi connectivity index (χ1n) is 7.22. The van der Waals surface area contributed by atoms with E-state index in [9.17, 15) is 4.79 Å². The third kappa shape index (κ3) is 3.21. The standard InChI is InChI=1S/C14H26N2OS/c1-11-12(2)18-9-8-16(11)13(17)10-14(15)6-4-3-5-7-14/h11-12H,3-10,15H2,1-2H3. The van der Waals surface area contributed by atoms with Crippen LogP contribution in [0.2, 0.25) is 0 Å². The highest BCUT2D eigenvalue weighted by Gasteiger charge is 2.35. The number of hydrogen-bond acceptors (Lipinski definition) is 3. The summed E-state index contributed by atoms with van der Waals surface area (Å²) >= 11 is 1.97. The molecule has 1 amide bonds. The number of carbonyl (C=O) groups excluding carboxylic acids is 1. The molecule has 0 spiro atoms. The Morgan fingerprint density at radius 3 is 2.67 bits per heavy atom. The summed E-state index contributed by atoms with van der Waals surface area (Å²) in [6.45, 7) is 5.28. The molecule has 0 aromatic heterocycles. The molecular formula is C14H26N2OS. The molecule has 1 aliphatic heterocycles. The molecule has 0 aromatic rings. The van der Waals surface area contributed by atoms with E-state index in [0.717, 1.165) is 25.1 Å². The van der Waals surface area contributed by atoms with E-state index >= 15 is 0 Å². The number of nitrogens with two attached hydrogens (primary N) is 1. The number of amides is 1. The summed E-state index contributed by atoms with van der Waals surface area (Å²) < 4.78 is 0. The zero-order valence-corrected chi connectivity index (χ0v) is 12.5. The predicted octanol–water partition coefficient (Wildman–Crippen LogP) is 2.39. The van der Waals surface area contributed by atoms with E-state index in [0.29, 0.717) is 17.7 Å². The molecule has 1 aliphatic carbocycles. The maximum atomic E-state index is 12.5. The molecule has 18 heavy (non-hydrogen) atoms. The molecule has 2 fully saturated rings. The molecule has 104 valence electrons. The van der Waals surface area contributed by atoms with Crippen LogP contribution in [-0.4, -0.2) is 39.9 Å². The third-order valence-corrected chi connectivity index (χ3v) is 5.89. The lowest BCUT2D eigenvalue weighted by atomic mass is 9.80. The van der Waals surface area contributed by atoms with Crippen LogP contribution in [-0.2, 0) is 4.79 Å². The van der Waals surface area contributed by atoms with E-state index in [1.807, 2.05) is 11.8 Å². The maximum Gasteiger partial charge on any atom is 0.224 e. The van der Waals surface area contributed by atoms with Crippen molar-refractivity contribution in [2.45, 2.75) is 69.2 Å². The van der Waals surface area contributed by atoms with Crippen LogP contribution in [0.3, 0.4) is 0 Å². The Morgan fingerprint density at radius 2 is 2.00 bits per heavy atom. The summed E-state index contributed by atoms with van der Waals surface area (Å²) in [6, 6.07) is 0.350. The van der Waals surface area contributed by atoms with Gasteiger partial charge in [0.25, 0.3) is 0 Å². The molecule has 1 heterocycles. The summed E-state index contributed by atoms with van der Waals surface area (Å²) in [6.07, 6.45) is 6.24. The molecule has 0 radical (unpaired) electrons. The molecule has 4 heteroatoms. The minimum Gasteiger partial charge on any atom is -0.338 e. The fourth-order valence-electron chi connectivity index (χ4n) is 3.12. The van der Waals surface area contributed by atoms with Gasteiger partial charge in [-0.2, -0.15) is 11.8 Å². The van der Waals surface area contributed by atoms with Gasteiger partial charge in [-0.15, -0.1) is 0 Å². The lowest BCUT2D eigenvalue weighted by molar-refractivity contribution is -0.134. The van der Waals surface area contributed by atoms with Crippen molar-refractivity contribution in [2.24, 2.45) is 5.73 Å².